The maximum Gasteiger partial charge on any atom is -0.00264 e. The van der Waals surface area contributed by atoms with E-state index in [2.05, 4.69) is 93.0 Å². The van der Waals surface area contributed by atoms with E-state index in [1.54, 1.807) is 0 Å². The third-order valence-electron chi connectivity index (χ3n) is 5.58. The molecule has 0 aliphatic carbocycles. The maximum absolute atomic E-state index is 4.16. The molecule has 0 atom stereocenters. The molecule has 0 aromatic heterocycles. The minimum absolute atomic E-state index is 1.06. The van der Waals surface area contributed by atoms with Crippen LogP contribution in [0, 0.1) is 0 Å². The van der Waals surface area contributed by atoms with Crippen LogP contribution in [0.4, 0.5) is 0 Å². The first kappa shape index (κ1) is 19.4. The van der Waals surface area contributed by atoms with E-state index in [9.17, 15) is 0 Å². The van der Waals surface area contributed by atoms with Gasteiger partial charge in [-0.05, 0) is 61.3 Å². The molecule has 0 amide bonds. The first-order valence-corrected chi connectivity index (χ1v) is 10.0. The van der Waals surface area contributed by atoms with E-state index >= 15 is 0 Å². The second-order valence-electron chi connectivity index (χ2n) is 7.15. The van der Waals surface area contributed by atoms with Gasteiger partial charge in [-0.1, -0.05) is 117 Å². The van der Waals surface area contributed by atoms with Crippen molar-refractivity contribution in [3.8, 4) is 22.3 Å². The van der Waals surface area contributed by atoms with Crippen LogP contribution >= 0.6 is 0 Å². The summed E-state index contributed by atoms with van der Waals surface area (Å²) in [6.07, 6.45) is 7.63. The summed E-state index contributed by atoms with van der Waals surface area (Å²) in [5.41, 5.74) is 8.97. The molecule has 144 valence electrons. The molecule has 0 N–H and O–H groups in total. The Balaban J connectivity index is 2.18. The Kier molecular flexibility index (Phi) is 5.32. The van der Waals surface area contributed by atoms with Gasteiger partial charge >= 0.3 is 0 Å². The van der Waals surface area contributed by atoms with Crippen LogP contribution in [0.3, 0.4) is 0 Å². The van der Waals surface area contributed by atoms with E-state index in [-0.39, 0.29) is 0 Å². The molecule has 30 heavy (non-hydrogen) atoms. The summed E-state index contributed by atoms with van der Waals surface area (Å²) in [5, 5.41) is 2.39. The largest absolute Gasteiger partial charge is 0.0984 e. The zero-order valence-electron chi connectivity index (χ0n) is 17.1. The molecule has 0 spiro atoms. The Morgan fingerprint density at radius 1 is 0.467 bits per heavy atom. The lowest BCUT2D eigenvalue weighted by Crippen LogP contribution is -1.96. The van der Waals surface area contributed by atoms with Crippen LogP contribution in [0.5, 0.6) is 0 Å². The van der Waals surface area contributed by atoms with Crippen molar-refractivity contribution in [1.29, 1.82) is 0 Å². The maximum atomic E-state index is 4.16. The van der Waals surface area contributed by atoms with Gasteiger partial charge < -0.3 is 0 Å². The Morgan fingerprint density at radius 2 is 1.00 bits per heavy atom. The first-order chi connectivity index (χ1) is 14.7. The molecule has 0 bridgehead atoms. The lowest BCUT2D eigenvalue weighted by atomic mass is 9.83. The average Bonchev–Trinajstić information content (AvgIpc) is 2.82. The van der Waals surface area contributed by atoms with Gasteiger partial charge in [0.15, 0.2) is 0 Å². The van der Waals surface area contributed by atoms with Crippen molar-refractivity contribution < 1.29 is 0 Å². The Hall–Kier alpha value is -3.90. The summed E-state index contributed by atoms with van der Waals surface area (Å²) in [7, 11) is 0. The van der Waals surface area contributed by atoms with Gasteiger partial charge in [0.25, 0.3) is 0 Å². The number of benzene rings is 4. The molecule has 0 saturated heterocycles. The van der Waals surface area contributed by atoms with E-state index in [0.29, 0.717) is 0 Å². The number of rotatable bonds is 6. The number of fused-ring (bicyclic) bond motifs is 1. The van der Waals surface area contributed by atoms with Crippen LogP contribution in [-0.2, 0) is 0 Å². The lowest BCUT2D eigenvalue weighted by molar-refractivity contribution is 1.56. The minimum Gasteiger partial charge on any atom is -0.0984 e. The quantitative estimate of drug-likeness (QED) is 0.312. The van der Waals surface area contributed by atoms with Crippen molar-refractivity contribution in [1.82, 2.24) is 0 Å². The second-order valence-corrected chi connectivity index (χ2v) is 7.15. The van der Waals surface area contributed by atoms with E-state index in [0.717, 1.165) is 33.4 Å². The van der Waals surface area contributed by atoms with Crippen LogP contribution in [-0.4, -0.2) is 0 Å². The fourth-order valence-electron chi connectivity index (χ4n) is 4.22. The van der Waals surface area contributed by atoms with Gasteiger partial charge in [-0.2, -0.15) is 0 Å². The summed E-state index contributed by atoms with van der Waals surface area (Å²) >= 11 is 0. The molecular formula is C30H24. The van der Waals surface area contributed by atoms with E-state index in [1.807, 2.05) is 30.4 Å². The fourth-order valence-corrected chi connectivity index (χ4v) is 4.22. The van der Waals surface area contributed by atoms with Gasteiger partial charge in [0.1, 0.15) is 0 Å². The highest BCUT2D eigenvalue weighted by Gasteiger charge is 2.18. The smallest absolute Gasteiger partial charge is 0.00264 e. The van der Waals surface area contributed by atoms with Gasteiger partial charge in [-0.25, -0.2) is 0 Å². The normalized spacial score (nSPS) is 10.5. The fraction of sp³-hybridized carbons (Fsp3) is 0. The topological polar surface area (TPSA) is 0 Å². The third-order valence-corrected chi connectivity index (χ3v) is 5.58. The van der Waals surface area contributed by atoms with Crippen molar-refractivity contribution >= 4 is 35.1 Å². The molecule has 0 heteroatoms. The highest BCUT2D eigenvalue weighted by atomic mass is 14.2. The highest BCUT2D eigenvalue weighted by Crippen LogP contribution is 2.43. The second kappa shape index (κ2) is 8.23. The number of hydrogen-bond acceptors (Lipinski definition) is 0. The lowest BCUT2D eigenvalue weighted by Gasteiger charge is -2.20. The third kappa shape index (κ3) is 3.13. The van der Waals surface area contributed by atoms with Gasteiger partial charge in [0, 0.05) is 0 Å². The van der Waals surface area contributed by atoms with Crippen LogP contribution < -0.4 is 0 Å². The summed E-state index contributed by atoms with van der Waals surface area (Å²) in [4.78, 5) is 0. The predicted octanol–water partition coefficient (Wildman–Crippen LogP) is 8.75. The van der Waals surface area contributed by atoms with E-state index in [4.69, 9.17) is 0 Å². The average molecular weight is 385 g/mol. The van der Waals surface area contributed by atoms with E-state index < -0.39 is 0 Å². The number of hydrogen-bond donors (Lipinski definition) is 0. The van der Waals surface area contributed by atoms with Crippen LogP contribution in [0.1, 0.15) is 22.3 Å². The molecule has 0 saturated carbocycles. The molecule has 0 heterocycles. The van der Waals surface area contributed by atoms with Gasteiger partial charge in [0.05, 0.1) is 0 Å². The van der Waals surface area contributed by atoms with Crippen LogP contribution in [0.2, 0.25) is 0 Å². The molecular weight excluding hydrogens is 360 g/mol. The molecule has 4 aromatic rings. The summed E-state index contributed by atoms with van der Waals surface area (Å²) in [6, 6.07) is 25.5. The summed E-state index contributed by atoms with van der Waals surface area (Å²) in [6.45, 7) is 16.2. The highest BCUT2D eigenvalue weighted by molar-refractivity contribution is 6.11. The molecule has 0 nitrogen and oxygen atoms in total. The molecule has 0 aliphatic heterocycles. The van der Waals surface area contributed by atoms with Crippen molar-refractivity contribution in [2.75, 3.05) is 0 Å². The standard InChI is InChI=1S/C30H24/c1-5-21-18-19-24(20-22(21)6-2)30-26(8-4)25(7-3)29(23-14-10-9-11-15-23)27-16-12-13-17-28(27)30/h5-20H,1-4H2. The zero-order chi connectivity index (χ0) is 21.1. The van der Waals surface area contributed by atoms with Gasteiger partial charge in [-0.15, -0.1) is 0 Å². The van der Waals surface area contributed by atoms with Gasteiger partial charge in [-0.3, -0.25) is 0 Å². The Morgan fingerprint density at radius 3 is 1.53 bits per heavy atom. The predicted molar refractivity (Wildman–Crippen MR) is 135 cm³/mol. The van der Waals surface area contributed by atoms with Crippen LogP contribution in [0.15, 0.2) is 99.1 Å². The first-order valence-electron chi connectivity index (χ1n) is 10.0. The molecule has 4 rings (SSSR count). The minimum atomic E-state index is 1.06. The molecule has 0 radical (unpaired) electrons. The van der Waals surface area contributed by atoms with Crippen molar-refractivity contribution in [2.45, 2.75) is 0 Å². The summed E-state index contributed by atoms with van der Waals surface area (Å²) in [5.74, 6) is 0. The Bertz CT molecular complexity index is 1290. The zero-order valence-corrected chi connectivity index (χ0v) is 17.1. The van der Waals surface area contributed by atoms with E-state index in [1.165, 1.54) is 21.9 Å². The summed E-state index contributed by atoms with van der Waals surface area (Å²) < 4.78 is 0. The SMILES string of the molecule is C=Cc1ccc(-c2c(C=C)c(C=C)c(-c3ccccc3)c3ccccc23)cc1C=C. The van der Waals surface area contributed by atoms with Crippen molar-refractivity contribution in [2.24, 2.45) is 0 Å². The van der Waals surface area contributed by atoms with Crippen LogP contribution in [0.25, 0.3) is 57.3 Å². The van der Waals surface area contributed by atoms with Crippen molar-refractivity contribution in [3.63, 3.8) is 0 Å². The molecule has 0 unspecified atom stereocenters. The Labute approximate surface area is 178 Å². The molecule has 0 aliphatic rings. The van der Waals surface area contributed by atoms with Gasteiger partial charge in [0.2, 0.25) is 0 Å². The van der Waals surface area contributed by atoms with Crippen molar-refractivity contribution in [3.05, 3.63) is 121 Å². The monoisotopic (exact) mass is 384 g/mol. The molecule has 4 aromatic carbocycles. The molecule has 0 fully saturated rings.